The molecule has 1 radical (unpaired) electrons. The highest BCUT2D eigenvalue weighted by Crippen LogP contribution is 2.27. The Labute approximate surface area is 106 Å². The number of ether oxygens (including phenoxy) is 1. The van der Waals surface area contributed by atoms with Crippen molar-refractivity contribution < 1.29 is 13.5 Å². The smallest absolute Gasteiger partial charge is 0.128 e. The van der Waals surface area contributed by atoms with E-state index in [0.29, 0.717) is 38.3 Å². The molecule has 1 atom stereocenters. The van der Waals surface area contributed by atoms with Crippen molar-refractivity contribution in [3.63, 3.8) is 0 Å². The van der Waals surface area contributed by atoms with Gasteiger partial charge >= 0.3 is 0 Å². The Morgan fingerprint density at radius 2 is 2.00 bits per heavy atom. The summed E-state index contributed by atoms with van der Waals surface area (Å²) in [5, 5.41) is 0. The summed E-state index contributed by atoms with van der Waals surface area (Å²) in [7, 11) is 0. The minimum Gasteiger partial charge on any atom is -0.379 e. The first-order valence-corrected chi connectivity index (χ1v) is 6.13. The Hall–Kier alpha value is -1.04. The minimum atomic E-state index is -0.436. The lowest BCUT2D eigenvalue weighted by molar-refractivity contribution is 0.0138. The van der Waals surface area contributed by atoms with E-state index in [-0.39, 0.29) is 12.6 Å². The lowest BCUT2D eigenvalue weighted by Gasteiger charge is -2.34. The predicted molar refractivity (Wildman–Crippen MR) is 64.1 cm³/mol. The molecule has 1 aliphatic heterocycles. The van der Waals surface area contributed by atoms with Crippen molar-refractivity contribution in [3.05, 3.63) is 35.4 Å². The van der Waals surface area contributed by atoms with E-state index in [9.17, 15) is 8.78 Å². The van der Waals surface area contributed by atoms with Gasteiger partial charge in [0, 0.05) is 31.2 Å². The van der Waals surface area contributed by atoms with Crippen LogP contribution in [0.25, 0.3) is 0 Å². The van der Waals surface area contributed by atoms with Gasteiger partial charge in [-0.05, 0) is 24.6 Å². The van der Waals surface area contributed by atoms with Gasteiger partial charge in [0.2, 0.25) is 0 Å². The van der Waals surface area contributed by atoms with Gasteiger partial charge in [-0.3, -0.25) is 10.6 Å². The first-order valence-electron chi connectivity index (χ1n) is 6.13. The topological polar surface area (TPSA) is 36.3 Å². The molecule has 1 unspecified atom stereocenters. The van der Waals surface area contributed by atoms with E-state index < -0.39 is 11.6 Å². The van der Waals surface area contributed by atoms with Crippen molar-refractivity contribution in [2.45, 2.75) is 12.5 Å². The Morgan fingerprint density at radius 1 is 1.28 bits per heavy atom. The van der Waals surface area contributed by atoms with E-state index in [4.69, 9.17) is 10.5 Å². The van der Waals surface area contributed by atoms with Gasteiger partial charge < -0.3 is 4.74 Å². The van der Waals surface area contributed by atoms with Crippen LogP contribution < -0.4 is 5.73 Å². The summed E-state index contributed by atoms with van der Waals surface area (Å²) in [4.78, 5) is 2.07. The zero-order valence-electron chi connectivity index (χ0n) is 10.2. The molecule has 1 fully saturated rings. The molecule has 0 bridgehead atoms. The molecule has 1 saturated heterocycles. The summed E-state index contributed by atoms with van der Waals surface area (Å²) < 4.78 is 32.3. The number of nitrogens with zero attached hydrogens (tertiary/aromatic N) is 1. The van der Waals surface area contributed by atoms with Crippen LogP contribution in [-0.2, 0) is 4.74 Å². The molecule has 99 valence electrons. The minimum absolute atomic E-state index is 0.192. The maximum atomic E-state index is 13.8. The summed E-state index contributed by atoms with van der Waals surface area (Å²) in [6.07, 6.45) is 0.500. The fourth-order valence-corrected chi connectivity index (χ4v) is 2.33. The molecule has 5 heteroatoms. The van der Waals surface area contributed by atoms with Crippen LogP contribution in [0.2, 0.25) is 0 Å². The normalized spacial score (nSPS) is 18.8. The van der Waals surface area contributed by atoms with Crippen LogP contribution >= 0.6 is 0 Å². The number of hydrogen-bond donors (Lipinski definition) is 0. The molecular weight excluding hydrogens is 238 g/mol. The molecule has 0 aromatic heterocycles. The van der Waals surface area contributed by atoms with E-state index in [1.54, 1.807) is 0 Å². The zero-order chi connectivity index (χ0) is 13.0. The third-order valence-corrected chi connectivity index (χ3v) is 3.22. The zero-order valence-corrected chi connectivity index (χ0v) is 10.2. The average Bonchev–Trinajstić information content (AvgIpc) is 2.40. The Bertz CT molecular complexity index is 395. The summed E-state index contributed by atoms with van der Waals surface area (Å²) in [6.45, 7) is 2.79. The van der Waals surface area contributed by atoms with E-state index in [0.717, 1.165) is 12.1 Å². The summed E-state index contributed by atoms with van der Waals surface area (Å²) in [5.74, 6) is -0.837. The molecule has 0 amide bonds. The Kier molecular flexibility index (Phi) is 4.63. The average molecular weight is 255 g/mol. The van der Waals surface area contributed by atoms with Crippen molar-refractivity contribution in [1.29, 1.82) is 0 Å². The van der Waals surface area contributed by atoms with Gasteiger partial charge in [-0.2, -0.15) is 0 Å². The van der Waals surface area contributed by atoms with Crippen molar-refractivity contribution in [3.8, 4) is 0 Å². The predicted octanol–water partition coefficient (Wildman–Crippen LogP) is 2.01. The lowest BCUT2D eigenvalue weighted by atomic mass is 10.0. The number of nitrogens with one attached hydrogen (secondary N) is 1. The third kappa shape index (κ3) is 3.04. The monoisotopic (exact) mass is 255 g/mol. The van der Waals surface area contributed by atoms with Crippen LogP contribution in [-0.4, -0.2) is 37.7 Å². The molecule has 0 saturated carbocycles. The molecule has 1 aromatic carbocycles. The Balaban J connectivity index is 2.24. The SMILES string of the molecule is [NH]CCC(c1cc(F)ccc1F)N1CCOCC1. The fraction of sp³-hybridized carbons (Fsp3) is 0.538. The number of benzene rings is 1. The molecule has 3 nitrogen and oxygen atoms in total. The molecule has 1 aromatic rings. The maximum Gasteiger partial charge on any atom is 0.128 e. The number of hydrogen-bond acceptors (Lipinski definition) is 2. The largest absolute Gasteiger partial charge is 0.379 e. The highest BCUT2D eigenvalue weighted by atomic mass is 19.1. The summed E-state index contributed by atoms with van der Waals surface area (Å²) in [6, 6.07) is 3.28. The lowest BCUT2D eigenvalue weighted by Crippen LogP contribution is -2.39. The fourth-order valence-electron chi connectivity index (χ4n) is 2.33. The van der Waals surface area contributed by atoms with Crippen LogP contribution in [0.15, 0.2) is 18.2 Å². The maximum absolute atomic E-state index is 13.8. The van der Waals surface area contributed by atoms with Crippen molar-refractivity contribution in [2.24, 2.45) is 0 Å². The standard InChI is InChI=1S/C13H17F2N2O/c14-10-1-2-12(15)11(9-10)13(3-4-16)17-5-7-18-8-6-17/h1-2,9,13,16H,3-8H2. The highest BCUT2D eigenvalue weighted by Gasteiger charge is 2.24. The molecule has 1 heterocycles. The second kappa shape index (κ2) is 6.22. The number of morpholine rings is 1. The summed E-state index contributed by atoms with van der Waals surface area (Å²) in [5.41, 5.74) is 7.70. The second-order valence-corrected chi connectivity index (χ2v) is 4.37. The van der Waals surface area contributed by atoms with Crippen LogP contribution in [0.3, 0.4) is 0 Å². The van der Waals surface area contributed by atoms with E-state index >= 15 is 0 Å². The third-order valence-electron chi connectivity index (χ3n) is 3.22. The second-order valence-electron chi connectivity index (χ2n) is 4.37. The first-order chi connectivity index (χ1) is 8.72. The van der Waals surface area contributed by atoms with Crippen molar-refractivity contribution in [2.75, 3.05) is 32.8 Å². The quantitative estimate of drug-likeness (QED) is 0.825. The molecular formula is C13H17F2N2O. The molecule has 0 spiro atoms. The van der Waals surface area contributed by atoms with E-state index in [1.165, 1.54) is 6.07 Å². The van der Waals surface area contributed by atoms with Gasteiger partial charge in [0.1, 0.15) is 11.6 Å². The highest BCUT2D eigenvalue weighted by molar-refractivity contribution is 5.22. The molecule has 0 aliphatic carbocycles. The molecule has 2 rings (SSSR count). The molecule has 18 heavy (non-hydrogen) atoms. The van der Waals surface area contributed by atoms with Crippen molar-refractivity contribution in [1.82, 2.24) is 10.6 Å². The van der Waals surface area contributed by atoms with E-state index in [2.05, 4.69) is 4.90 Å². The van der Waals surface area contributed by atoms with Crippen LogP contribution in [0.4, 0.5) is 8.78 Å². The Morgan fingerprint density at radius 3 is 2.67 bits per heavy atom. The van der Waals surface area contributed by atoms with Crippen molar-refractivity contribution >= 4 is 0 Å². The van der Waals surface area contributed by atoms with E-state index in [1.807, 2.05) is 0 Å². The molecule has 1 N–H and O–H groups in total. The summed E-state index contributed by atoms with van der Waals surface area (Å²) >= 11 is 0. The van der Waals surface area contributed by atoms with Crippen LogP contribution in [0, 0.1) is 11.6 Å². The van der Waals surface area contributed by atoms with Gasteiger partial charge in [-0.1, -0.05) is 0 Å². The van der Waals surface area contributed by atoms with Gasteiger partial charge in [0.25, 0.3) is 0 Å². The van der Waals surface area contributed by atoms with Gasteiger partial charge in [0.05, 0.1) is 13.2 Å². The van der Waals surface area contributed by atoms with Crippen LogP contribution in [0.1, 0.15) is 18.0 Å². The first kappa shape index (κ1) is 13.4. The van der Waals surface area contributed by atoms with Gasteiger partial charge in [-0.15, -0.1) is 0 Å². The van der Waals surface area contributed by atoms with Crippen LogP contribution in [0.5, 0.6) is 0 Å². The van der Waals surface area contributed by atoms with Gasteiger partial charge in [-0.25, -0.2) is 8.78 Å². The number of halogens is 2. The molecule has 1 aliphatic rings. The van der Waals surface area contributed by atoms with Gasteiger partial charge in [0.15, 0.2) is 0 Å². The number of rotatable bonds is 4.